The molecule has 0 aromatic heterocycles. The van der Waals surface area contributed by atoms with Crippen molar-refractivity contribution in [3.05, 3.63) is 0 Å². The van der Waals surface area contributed by atoms with Crippen LogP contribution in [0.15, 0.2) is 0 Å². The van der Waals surface area contributed by atoms with Crippen LogP contribution >= 0.6 is 11.6 Å². The van der Waals surface area contributed by atoms with Crippen molar-refractivity contribution < 1.29 is 18.9 Å². The first-order chi connectivity index (χ1) is 7.71. The summed E-state index contributed by atoms with van der Waals surface area (Å²) in [6.45, 7) is 9.74. The highest BCUT2D eigenvalue weighted by Gasteiger charge is 2.30. The Labute approximate surface area is 103 Å². The summed E-state index contributed by atoms with van der Waals surface area (Å²) in [6, 6.07) is 0. The number of hydrogen-bond acceptors (Lipinski definition) is 4. The molecular formula is C11H23ClO4. The number of ether oxygens (including phenoxy) is 4. The van der Waals surface area contributed by atoms with Crippen LogP contribution in [-0.4, -0.2) is 44.4 Å². The summed E-state index contributed by atoms with van der Waals surface area (Å²) >= 11 is 6.23. The van der Waals surface area contributed by atoms with E-state index in [0.29, 0.717) is 26.4 Å². The second kappa shape index (κ2) is 10.3. The van der Waals surface area contributed by atoms with Gasteiger partial charge in [0.15, 0.2) is 12.6 Å². The van der Waals surface area contributed by atoms with E-state index < -0.39 is 18.0 Å². The molecule has 98 valence electrons. The summed E-state index contributed by atoms with van der Waals surface area (Å²) in [6.07, 6.45) is -1.00. The summed E-state index contributed by atoms with van der Waals surface area (Å²) in [5.41, 5.74) is 0. The van der Waals surface area contributed by atoms with Crippen molar-refractivity contribution in [3.8, 4) is 0 Å². The lowest BCUT2D eigenvalue weighted by Gasteiger charge is -2.28. The number of halogens is 1. The normalized spacial score (nSPS) is 12.0. The van der Waals surface area contributed by atoms with Crippen LogP contribution in [-0.2, 0) is 18.9 Å². The number of rotatable bonds is 10. The largest absolute Gasteiger partial charge is 0.351 e. The molecule has 0 aliphatic carbocycles. The maximum Gasteiger partial charge on any atom is 0.178 e. The Balaban J connectivity index is 4.31. The molecule has 4 nitrogen and oxygen atoms in total. The zero-order valence-electron chi connectivity index (χ0n) is 10.6. The molecule has 0 rings (SSSR count). The van der Waals surface area contributed by atoms with Gasteiger partial charge in [0.25, 0.3) is 0 Å². The zero-order chi connectivity index (χ0) is 12.4. The molecule has 0 fully saturated rings. The van der Waals surface area contributed by atoms with Crippen molar-refractivity contribution in [1.82, 2.24) is 0 Å². The molecule has 16 heavy (non-hydrogen) atoms. The maximum absolute atomic E-state index is 6.23. The van der Waals surface area contributed by atoms with Crippen LogP contribution in [0.25, 0.3) is 0 Å². The predicted molar refractivity (Wildman–Crippen MR) is 63.7 cm³/mol. The smallest absolute Gasteiger partial charge is 0.178 e. The van der Waals surface area contributed by atoms with Gasteiger partial charge in [-0.1, -0.05) is 0 Å². The topological polar surface area (TPSA) is 36.9 Å². The van der Waals surface area contributed by atoms with Crippen molar-refractivity contribution in [3.63, 3.8) is 0 Å². The highest BCUT2D eigenvalue weighted by molar-refractivity contribution is 6.21. The van der Waals surface area contributed by atoms with Crippen LogP contribution in [0.1, 0.15) is 27.7 Å². The van der Waals surface area contributed by atoms with Crippen LogP contribution in [0.2, 0.25) is 0 Å². The Hall–Kier alpha value is 0.130. The molecule has 0 aromatic carbocycles. The summed E-state index contributed by atoms with van der Waals surface area (Å²) < 4.78 is 21.6. The van der Waals surface area contributed by atoms with E-state index in [1.807, 2.05) is 27.7 Å². The third-order valence-corrected chi connectivity index (χ3v) is 2.26. The Morgan fingerprint density at radius 1 is 0.688 bits per heavy atom. The van der Waals surface area contributed by atoms with Crippen LogP contribution in [0.4, 0.5) is 0 Å². The third kappa shape index (κ3) is 6.01. The van der Waals surface area contributed by atoms with E-state index in [0.717, 1.165) is 0 Å². The molecule has 0 radical (unpaired) electrons. The van der Waals surface area contributed by atoms with Gasteiger partial charge in [-0.05, 0) is 27.7 Å². The zero-order valence-corrected chi connectivity index (χ0v) is 11.3. The molecule has 0 amide bonds. The molecule has 0 N–H and O–H groups in total. The first-order valence-corrected chi connectivity index (χ1v) is 6.25. The van der Waals surface area contributed by atoms with Gasteiger partial charge in [-0.2, -0.15) is 0 Å². The summed E-state index contributed by atoms with van der Waals surface area (Å²) in [4.78, 5) is 0. The van der Waals surface area contributed by atoms with Gasteiger partial charge < -0.3 is 18.9 Å². The predicted octanol–water partition coefficient (Wildman–Crippen LogP) is 2.39. The van der Waals surface area contributed by atoms with Gasteiger partial charge in [0.1, 0.15) is 5.38 Å². The summed E-state index contributed by atoms with van der Waals surface area (Å²) in [5, 5.41) is -0.472. The van der Waals surface area contributed by atoms with E-state index in [9.17, 15) is 0 Å². The van der Waals surface area contributed by atoms with Crippen molar-refractivity contribution in [2.24, 2.45) is 0 Å². The lowest BCUT2D eigenvalue weighted by atomic mass is 10.4. The van der Waals surface area contributed by atoms with Crippen LogP contribution in [0.3, 0.4) is 0 Å². The van der Waals surface area contributed by atoms with E-state index in [2.05, 4.69) is 0 Å². The van der Waals surface area contributed by atoms with Crippen LogP contribution in [0.5, 0.6) is 0 Å². The standard InChI is InChI=1S/C11H23ClO4/c1-5-13-10(14-6-2)9(12)11(15-7-3)16-8-4/h9-11H,5-8H2,1-4H3. The second-order valence-electron chi connectivity index (χ2n) is 3.00. The van der Waals surface area contributed by atoms with Crippen LogP contribution < -0.4 is 0 Å². The van der Waals surface area contributed by atoms with Gasteiger partial charge in [-0.3, -0.25) is 0 Å². The highest BCUT2D eigenvalue weighted by Crippen LogP contribution is 2.17. The average molecular weight is 255 g/mol. The van der Waals surface area contributed by atoms with Crippen molar-refractivity contribution in [2.75, 3.05) is 26.4 Å². The SMILES string of the molecule is CCOC(OCC)C(Cl)C(OCC)OCC. The van der Waals surface area contributed by atoms with Gasteiger partial charge in [0.05, 0.1) is 0 Å². The van der Waals surface area contributed by atoms with Gasteiger partial charge in [0.2, 0.25) is 0 Å². The van der Waals surface area contributed by atoms with Crippen molar-refractivity contribution in [2.45, 2.75) is 45.7 Å². The second-order valence-corrected chi connectivity index (χ2v) is 3.51. The average Bonchev–Trinajstić information content (AvgIpc) is 2.27. The molecule has 0 aliphatic rings. The Morgan fingerprint density at radius 2 is 0.938 bits per heavy atom. The van der Waals surface area contributed by atoms with Crippen LogP contribution in [0, 0.1) is 0 Å². The Bertz CT molecular complexity index is 129. The minimum Gasteiger partial charge on any atom is -0.351 e. The monoisotopic (exact) mass is 254 g/mol. The van der Waals surface area contributed by atoms with Gasteiger partial charge in [0, 0.05) is 26.4 Å². The first kappa shape index (κ1) is 16.1. The molecule has 0 aliphatic heterocycles. The maximum atomic E-state index is 6.23. The molecule has 0 saturated heterocycles. The van der Waals surface area contributed by atoms with Crippen molar-refractivity contribution >= 4 is 11.6 Å². The molecule has 0 saturated carbocycles. The summed E-state index contributed by atoms with van der Waals surface area (Å²) in [7, 11) is 0. The molecule has 0 unspecified atom stereocenters. The number of alkyl halides is 1. The molecule has 5 heteroatoms. The molecular weight excluding hydrogens is 232 g/mol. The minimum atomic E-state index is -0.500. The van der Waals surface area contributed by atoms with E-state index in [4.69, 9.17) is 30.5 Å². The fraction of sp³-hybridized carbons (Fsp3) is 1.00. The van der Waals surface area contributed by atoms with E-state index in [1.165, 1.54) is 0 Å². The Kier molecular flexibility index (Phi) is 10.4. The molecule has 0 spiro atoms. The minimum absolute atomic E-state index is 0.472. The molecule has 0 heterocycles. The van der Waals surface area contributed by atoms with Gasteiger partial charge in [-0.25, -0.2) is 0 Å². The molecule has 0 aromatic rings. The fourth-order valence-corrected chi connectivity index (χ4v) is 1.54. The lowest BCUT2D eigenvalue weighted by molar-refractivity contribution is -0.203. The van der Waals surface area contributed by atoms with E-state index in [-0.39, 0.29) is 0 Å². The van der Waals surface area contributed by atoms with E-state index in [1.54, 1.807) is 0 Å². The Morgan fingerprint density at radius 3 is 1.12 bits per heavy atom. The molecule has 0 atom stereocenters. The summed E-state index contributed by atoms with van der Waals surface area (Å²) in [5.74, 6) is 0. The van der Waals surface area contributed by atoms with Gasteiger partial charge >= 0.3 is 0 Å². The fourth-order valence-electron chi connectivity index (χ4n) is 1.25. The highest BCUT2D eigenvalue weighted by atomic mass is 35.5. The van der Waals surface area contributed by atoms with Gasteiger partial charge in [-0.15, -0.1) is 11.6 Å². The molecule has 0 bridgehead atoms. The lowest BCUT2D eigenvalue weighted by Crippen LogP contribution is -2.40. The van der Waals surface area contributed by atoms with Crippen molar-refractivity contribution in [1.29, 1.82) is 0 Å². The first-order valence-electron chi connectivity index (χ1n) is 5.81. The van der Waals surface area contributed by atoms with E-state index >= 15 is 0 Å². The quantitative estimate of drug-likeness (QED) is 0.443. The number of hydrogen-bond donors (Lipinski definition) is 0. The third-order valence-electron chi connectivity index (χ3n) is 1.84.